The van der Waals surface area contributed by atoms with E-state index in [4.69, 9.17) is 16.3 Å². The molecule has 7 nitrogen and oxygen atoms in total. The molecule has 1 aliphatic carbocycles. The fourth-order valence-electron chi connectivity index (χ4n) is 3.98. The highest BCUT2D eigenvalue weighted by molar-refractivity contribution is 6.31. The minimum Gasteiger partial charge on any atom is -0.490 e. The monoisotopic (exact) mass is 469 g/mol. The second kappa shape index (κ2) is 8.50. The van der Waals surface area contributed by atoms with Crippen molar-refractivity contribution < 1.29 is 22.6 Å². The molecule has 0 amide bonds. The number of hydrogen-bond acceptors (Lipinski definition) is 5. The number of hydrogen-bond donors (Lipinski definition) is 0. The molecule has 32 heavy (non-hydrogen) atoms. The Balaban J connectivity index is 1.48. The largest absolute Gasteiger partial charge is 0.573 e. The maximum absolute atomic E-state index is 12.7. The molecular weight excluding hydrogens is 451 g/mol. The van der Waals surface area contributed by atoms with Crippen LogP contribution >= 0.6 is 11.6 Å². The summed E-state index contributed by atoms with van der Waals surface area (Å²) in [6, 6.07) is 6.59. The van der Waals surface area contributed by atoms with E-state index in [1.165, 1.54) is 46.6 Å². The van der Waals surface area contributed by atoms with Crippen molar-refractivity contribution in [2.24, 2.45) is 7.05 Å². The summed E-state index contributed by atoms with van der Waals surface area (Å²) in [7, 11) is 1.50. The second-order valence-electron chi connectivity index (χ2n) is 7.60. The lowest BCUT2D eigenvalue weighted by atomic mass is 9.92. The van der Waals surface area contributed by atoms with Gasteiger partial charge in [0, 0.05) is 19.3 Å². The summed E-state index contributed by atoms with van der Waals surface area (Å²) in [5.41, 5.74) is -0.423. The fourth-order valence-corrected chi connectivity index (χ4v) is 4.13. The van der Waals surface area contributed by atoms with Crippen LogP contribution in [0.4, 0.5) is 13.2 Å². The van der Waals surface area contributed by atoms with Crippen LogP contribution < -0.4 is 20.6 Å². The molecule has 1 saturated carbocycles. The third kappa shape index (κ3) is 4.59. The van der Waals surface area contributed by atoms with Gasteiger partial charge in [-0.05, 0) is 56.0 Å². The van der Waals surface area contributed by atoms with Gasteiger partial charge in [-0.15, -0.1) is 13.2 Å². The Morgan fingerprint density at radius 1 is 1.03 bits per heavy atom. The average molecular weight is 470 g/mol. The second-order valence-corrected chi connectivity index (χ2v) is 8.04. The molecule has 3 aromatic rings. The van der Waals surface area contributed by atoms with Crippen molar-refractivity contribution in [1.29, 1.82) is 0 Å². The number of aryl methyl sites for hydroxylation is 1. The quantitative estimate of drug-likeness (QED) is 0.535. The molecule has 0 N–H and O–H groups in total. The number of aromatic nitrogens is 3. The summed E-state index contributed by atoms with van der Waals surface area (Å²) >= 11 is 6.01. The summed E-state index contributed by atoms with van der Waals surface area (Å²) in [5.74, 6) is 0.105. The summed E-state index contributed by atoms with van der Waals surface area (Å²) in [5, 5.41) is 0.362. The molecule has 0 saturated heterocycles. The Morgan fingerprint density at radius 3 is 2.28 bits per heavy atom. The first kappa shape index (κ1) is 22.2. The van der Waals surface area contributed by atoms with E-state index in [1.807, 2.05) is 0 Å². The van der Waals surface area contributed by atoms with Gasteiger partial charge in [0.25, 0.3) is 0 Å². The molecule has 0 unspecified atom stereocenters. The van der Waals surface area contributed by atoms with Gasteiger partial charge in [0.1, 0.15) is 11.5 Å². The van der Waals surface area contributed by atoms with E-state index >= 15 is 0 Å². The van der Waals surface area contributed by atoms with Gasteiger partial charge in [-0.2, -0.15) is 0 Å². The van der Waals surface area contributed by atoms with Crippen LogP contribution in [-0.2, 0) is 7.05 Å². The molecule has 2 aromatic heterocycles. The minimum absolute atomic E-state index is 0.170. The van der Waals surface area contributed by atoms with E-state index in [9.17, 15) is 22.8 Å². The van der Waals surface area contributed by atoms with Crippen LogP contribution in [0.3, 0.4) is 0 Å². The van der Waals surface area contributed by atoms with E-state index in [0.717, 1.165) is 0 Å². The first-order valence-electron chi connectivity index (χ1n) is 9.91. The summed E-state index contributed by atoms with van der Waals surface area (Å²) < 4.78 is 49.2. The number of fused-ring (bicyclic) bond motifs is 1. The topological polar surface area (TPSA) is 75.4 Å². The van der Waals surface area contributed by atoms with Crippen molar-refractivity contribution in [2.45, 2.75) is 44.2 Å². The highest BCUT2D eigenvalue weighted by Gasteiger charge is 2.31. The Labute approximate surface area is 185 Å². The predicted molar refractivity (Wildman–Crippen MR) is 111 cm³/mol. The standard InChI is InChI=1S/C21H19ClF3N3O4/c1-27-17-10-12(22)11-26-18(17)28(20(30)19(27)29)13-2-4-14(5-3-13)31-15-6-8-16(9-7-15)32-21(23,24)25/h6-11,13-14H,2-5H2,1H3/t13-,14+. The first-order chi connectivity index (χ1) is 15.1. The zero-order valence-electron chi connectivity index (χ0n) is 16.9. The number of nitrogens with zero attached hydrogens (tertiary/aromatic N) is 3. The number of pyridine rings is 1. The molecule has 1 aromatic carbocycles. The van der Waals surface area contributed by atoms with Crippen molar-refractivity contribution in [3.8, 4) is 11.5 Å². The van der Waals surface area contributed by atoms with E-state index < -0.39 is 17.5 Å². The Morgan fingerprint density at radius 2 is 1.66 bits per heavy atom. The summed E-state index contributed by atoms with van der Waals surface area (Å²) in [6.45, 7) is 0. The van der Waals surface area contributed by atoms with Crippen LogP contribution in [0.1, 0.15) is 31.7 Å². The molecule has 1 aliphatic rings. The van der Waals surface area contributed by atoms with Crippen LogP contribution in [0.5, 0.6) is 11.5 Å². The van der Waals surface area contributed by atoms with Crippen LogP contribution in [-0.4, -0.2) is 26.6 Å². The molecule has 0 bridgehead atoms. The van der Waals surface area contributed by atoms with Gasteiger partial charge in [-0.3, -0.25) is 14.2 Å². The number of ether oxygens (including phenoxy) is 2. The molecule has 0 spiro atoms. The maximum atomic E-state index is 12.7. The van der Waals surface area contributed by atoms with Gasteiger partial charge in [-0.1, -0.05) is 11.6 Å². The number of alkyl halides is 3. The van der Waals surface area contributed by atoms with Gasteiger partial charge < -0.3 is 14.0 Å². The first-order valence-corrected chi connectivity index (χ1v) is 10.3. The molecule has 4 rings (SSSR count). The zero-order valence-corrected chi connectivity index (χ0v) is 17.7. The van der Waals surface area contributed by atoms with Gasteiger partial charge in [0.05, 0.1) is 16.6 Å². The van der Waals surface area contributed by atoms with E-state index in [0.29, 0.717) is 47.6 Å². The van der Waals surface area contributed by atoms with Gasteiger partial charge in [0.15, 0.2) is 5.65 Å². The molecule has 11 heteroatoms. The lowest BCUT2D eigenvalue weighted by Gasteiger charge is -2.30. The van der Waals surface area contributed by atoms with Crippen LogP contribution in [0, 0.1) is 0 Å². The Hall–Kier alpha value is -3.01. The van der Waals surface area contributed by atoms with Gasteiger partial charge in [0.2, 0.25) is 0 Å². The molecule has 0 radical (unpaired) electrons. The number of benzene rings is 1. The van der Waals surface area contributed by atoms with E-state index in [2.05, 4.69) is 9.72 Å². The van der Waals surface area contributed by atoms with Gasteiger partial charge in [-0.25, -0.2) is 4.98 Å². The van der Waals surface area contributed by atoms with Crippen LogP contribution in [0.2, 0.25) is 5.02 Å². The summed E-state index contributed by atoms with van der Waals surface area (Å²) in [6.07, 6.45) is -1.13. The fraction of sp³-hybridized carbons (Fsp3) is 0.381. The van der Waals surface area contributed by atoms with Crippen molar-refractivity contribution in [3.05, 3.63) is 62.3 Å². The third-order valence-electron chi connectivity index (χ3n) is 5.48. The van der Waals surface area contributed by atoms with E-state index in [1.54, 1.807) is 6.07 Å². The average Bonchev–Trinajstić information content (AvgIpc) is 2.74. The molecule has 2 heterocycles. The minimum atomic E-state index is -4.75. The lowest BCUT2D eigenvalue weighted by molar-refractivity contribution is -0.274. The number of rotatable bonds is 4. The molecular formula is C21H19ClF3N3O4. The Bertz CT molecular complexity index is 1250. The van der Waals surface area contributed by atoms with Crippen LogP contribution in [0.25, 0.3) is 11.2 Å². The summed E-state index contributed by atoms with van der Waals surface area (Å²) in [4.78, 5) is 29.4. The molecule has 0 atom stereocenters. The van der Waals surface area contributed by atoms with E-state index in [-0.39, 0.29) is 17.9 Å². The maximum Gasteiger partial charge on any atom is 0.573 e. The predicted octanol–water partition coefficient (Wildman–Crippen LogP) is 4.21. The smallest absolute Gasteiger partial charge is 0.490 e. The van der Waals surface area contributed by atoms with Crippen molar-refractivity contribution in [3.63, 3.8) is 0 Å². The third-order valence-corrected chi connectivity index (χ3v) is 5.69. The lowest BCUT2D eigenvalue weighted by Crippen LogP contribution is -2.43. The van der Waals surface area contributed by atoms with Crippen molar-refractivity contribution in [1.82, 2.24) is 14.1 Å². The molecule has 1 fully saturated rings. The van der Waals surface area contributed by atoms with Crippen molar-refractivity contribution in [2.75, 3.05) is 0 Å². The number of halogens is 4. The Kier molecular flexibility index (Phi) is 5.89. The van der Waals surface area contributed by atoms with Gasteiger partial charge >= 0.3 is 17.5 Å². The molecule has 170 valence electrons. The SMILES string of the molecule is Cn1c(=O)c(=O)n([C@H]2CC[C@@H](Oc3ccc(OC(F)(F)F)cc3)CC2)c2ncc(Cl)cc21. The normalized spacial score (nSPS) is 19.2. The zero-order chi connectivity index (χ0) is 23.0. The molecule has 0 aliphatic heterocycles. The highest BCUT2D eigenvalue weighted by atomic mass is 35.5. The highest BCUT2D eigenvalue weighted by Crippen LogP contribution is 2.32. The van der Waals surface area contributed by atoms with Crippen LogP contribution in [0.15, 0.2) is 46.1 Å². The van der Waals surface area contributed by atoms with Crippen molar-refractivity contribution >= 4 is 22.8 Å².